The molecule has 3 fully saturated rings. The molecule has 3 aliphatic heterocycles. The van der Waals surface area contributed by atoms with E-state index in [1.54, 1.807) is 39.7 Å². The van der Waals surface area contributed by atoms with Crippen molar-refractivity contribution in [2.24, 2.45) is 11.3 Å². The molecule has 1 aromatic heterocycles. The van der Waals surface area contributed by atoms with Gasteiger partial charge >= 0.3 is 0 Å². The van der Waals surface area contributed by atoms with Crippen LogP contribution in [0, 0.1) is 17.2 Å². The molecule has 3 saturated heterocycles. The number of aromatic nitrogens is 2. The van der Waals surface area contributed by atoms with Gasteiger partial charge in [0.15, 0.2) is 11.6 Å². The average Bonchev–Trinajstić information content (AvgIpc) is 3.55. The van der Waals surface area contributed by atoms with E-state index in [9.17, 15) is 17.6 Å². The maximum absolute atomic E-state index is 14.4. The second-order valence-electron chi connectivity index (χ2n) is 14.7. The molecular weight excluding hydrogens is 658 g/mol. The largest absolute Gasteiger partial charge is 0.451 e. The average molecular weight is 708 g/mol. The van der Waals surface area contributed by atoms with E-state index in [1.807, 2.05) is 27.7 Å². The number of piperidine rings is 2. The van der Waals surface area contributed by atoms with E-state index < -0.39 is 15.8 Å². The van der Waals surface area contributed by atoms with E-state index in [0.717, 1.165) is 64.8 Å². The molecule has 3 aromatic rings. The lowest BCUT2D eigenvalue weighted by Gasteiger charge is -2.46. The SMILES string of the molecule is CC(C)N(C(=O)c1cc(F)ccc1Oc1cncnc1N1CC[C@@H](CN2CCC3(CC2)CCN(S(=O)(=O)c2ccc(N)cc2)CC3)C1)C(C)C. The molecule has 270 valence electrons. The van der Waals surface area contributed by atoms with Crippen LogP contribution in [-0.2, 0) is 10.0 Å². The standard InChI is InChI=1S/C37H50FN7O4S/c1-26(2)45(27(3)4)36(46)32-21-29(38)5-10-33(32)49-34-22-40-25-41-35(34)43-16-11-28(24-43)23-42-17-12-37(13-18-42)14-19-44(20-15-37)50(47,48)31-8-6-30(39)7-9-31/h5-10,21-22,25-28H,11-20,23-24,39H2,1-4H3/t28-/m0/s1. The van der Waals surface area contributed by atoms with Crippen LogP contribution in [0.4, 0.5) is 15.9 Å². The Hall–Kier alpha value is -3.81. The molecule has 0 radical (unpaired) electrons. The molecule has 50 heavy (non-hydrogen) atoms. The minimum absolute atomic E-state index is 0.0704. The number of hydrogen-bond acceptors (Lipinski definition) is 9. The third kappa shape index (κ3) is 7.74. The Morgan fingerprint density at radius 1 is 0.980 bits per heavy atom. The lowest BCUT2D eigenvalue weighted by atomic mass is 9.71. The third-order valence-electron chi connectivity index (χ3n) is 10.7. The molecule has 4 heterocycles. The summed E-state index contributed by atoms with van der Waals surface area (Å²) in [6.45, 7) is 13.5. The number of halogens is 1. The molecule has 1 amide bonds. The van der Waals surface area contributed by atoms with E-state index in [4.69, 9.17) is 10.5 Å². The van der Waals surface area contributed by atoms with E-state index >= 15 is 0 Å². The number of carbonyl (C=O) groups is 1. The lowest BCUT2D eigenvalue weighted by molar-refractivity contribution is 0.0506. The fraction of sp³-hybridized carbons (Fsp3) is 0.541. The predicted molar refractivity (Wildman–Crippen MR) is 192 cm³/mol. The number of benzene rings is 2. The van der Waals surface area contributed by atoms with Gasteiger partial charge in [0.05, 0.1) is 16.7 Å². The summed E-state index contributed by atoms with van der Waals surface area (Å²) < 4.78 is 48.8. The van der Waals surface area contributed by atoms with Crippen LogP contribution in [0.25, 0.3) is 0 Å². The molecule has 13 heteroatoms. The summed E-state index contributed by atoms with van der Waals surface area (Å²) in [4.78, 5) is 29.2. The Balaban J connectivity index is 1.04. The number of sulfonamides is 1. The zero-order valence-corrected chi connectivity index (χ0v) is 30.4. The Bertz CT molecular complexity index is 1750. The monoisotopic (exact) mass is 707 g/mol. The highest BCUT2D eigenvalue weighted by atomic mass is 32.2. The molecular formula is C37H50FN7O4S. The van der Waals surface area contributed by atoms with Gasteiger partial charge in [0.25, 0.3) is 5.91 Å². The first-order valence-corrected chi connectivity index (χ1v) is 19.2. The quantitative estimate of drug-likeness (QED) is 0.267. The number of carbonyl (C=O) groups excluding carboxylic acids is 1. The number of ether oxygens (including phenoxy) is 1. The zero-order valence-electron chi connectivity index (χ0n) is 29.6. The van der Waals surface area contributed by atoms with Crippen molar-refractivity contribution in [1.82, 2.24) is 24.1 Å². The minimum Gasteiger partial charge on any atom is -0.451 e. The number of amides is 1. The molecule has 2 N–H and O–H groups in total. The Labute approximate surface area is 295 Å². The van der Waals surface area contributed by atoms with Crippen molar-refractivity contribution in [2.45, 2.75) is 76.8 Å². The van der Waals surface area contributed by atoms with Crippen LogP contribution >= 0.6 is 0 Å². The van der Waals surface area contributed by atoms with Crippen molar-refractivity contribution in [3.8, 4) is 11.5 Å². The zero-order chi connectivity index (χ0) is 35.6. The fourth-order valence-electron chi connectivity index (χ4n) is 7.94. The van der Waals surface area contributed by atoms with Gasteiger partial charge < -0.3 is 25.2 Å². The molecule has 1 atom stereocenters. The van der Waals surface area contributed by atoms with Crippen molar-refractivity contribution >= 4 is 27.4 Å². The summed E-state index contributed by atoms with van der Waals surface area (Å²) in [5.74, 6) is 1.02. The van der Waals surface area contributed by atoms with E-state index in [1.165, 1.54) is 24.5 Å². The van der Waals surface area contributed by atoms with Gasteiger partial charge in [-0.05, 0) is 127 Å². The number of hydrogen-bond donors (Lipinski definition) is 1. The molecule has 0 bridgehead atoms. The fourth-order valence-corrected chi connectivity index (χ4v) is 9.38. The Morgan fingerprint density at radius 3 is 2.30 bits per heavy atom. The van der Waals surface area contributed by atoms with E-state index in [-0.39, 0.29) is 34.7 Å². The smallest absolute Gasteiger partial charge is 0.258 e. The summed E-state index contributed by atoms with van der Waals surface area (Å²) in [6.07, 6.45) is 8.04. The van der Waals surface area contributed by atoms with Crippen molar-refractivity contribution < 1.29 is 22.3 Å². The van der Waals surface area contributed by atoms with Crippen LogP contribution < -0.4 is 15.4 Å². The normalized spacial score (nSPS) is 20.1. The van der Waals surface area contributed by atoms with Gasteiger partial charge in [-0.1, -0.05) is 0 Å². The number of anilines is 2. The minimum atomic E-state index is -3.51. The molecule has 2 aromatic carbocycles. The molecule has 0 aliphatic carbocycles. The van der Waals surface area contributed by atoms with Crippen molar-refractivity contribution in [3.05, 3.63) is 66.4 Å². The molecule has 0 unspecified atom stereocenters. The predicted octanol–water partition coefficient (Wildman–Crippen LogP) is 5.64. The first-order chi connectivity index (χ1) is 23.8. The van der Waals surface area contributed by atoms with Gasteiger partial charge in [-0.25, -0.2) is 22.8 Å². The van der Waals surface area contributed by atoms with Crippen molar-refractivity contribution in [3.63, 3.8) is 0 Å². The van der Waals surface area contributed by atoms with Gasteiger partial charge in [0.1, 0.15) is 17.9 Å². The Kier molecular flexibility index (Phi) is 10.7. The van der Waals surface area contributed by atoms with Gasteiger partial charge in [0.2, 0.25) is 10.0 Å². The highest BCUT2D eigenvalue weighted by molar-refractivity contribution is 7.89. The number of nitrogen functional groups attached to an aromatic ring is 1. The van der Waals surface area contributed by atoms with Crippen LogP contribution in [0.15, 0.2) is 59.9 Å². The number of likely N-dealkylation sites (tertiary alicyclic amines) is 1. The van der Waals surface area contributed by atoms with Crippen molar-refractivity contribution in [1.29, 1.82) is 0 Å². The Morgan fingerprint density at radius 2 is 1.64 bits per heavy atom. The van der Waals surface area contributed by atoms with E-state index in [0.29, 0.717) is 41.2 Å². The molecule has 1 spiro atoms. The number of nitrogens with two attached hydrogens (primary N) is 1. The summed E-state index contributed by atoms with van der Waals surface area (Å²) in [6, 6.07) is 10.4. The van der Waals surface area contributed by atoms with E-state index in [2.05, 4.69) is 19.8 Å². The molecule has 3 aliphatic rings. The topological polar surface area (TPSA) is 125 Å². The third-order valence-corrected chi connectivity index (χ3v) is 12.6. The van der Waals surface area contributed by atoms with Gasteiger partial charge in [0, 0.05) is 50.5 Å². The van der Waals surface area contributed by atoms with Crippen molar-refractivity contribution in [2.75, 3.05) is 56.4 Å². The summed E-state index contributed by atoms with van der Waals surface area (Å²) in [5.41, 5.74) is 6.68. The van der Waals surface area contributed by atoms with Crippen LogP contribution in [0.5, 0.6) is 11.5 Å². The highest BCUT2D eigenvalue weighted by Gasteiger charge is 2.41. The molecule has 0 saturated carbocycles. The summed E-state index contributed by atoms with van der Waals surface area (Å²) >= 11 is 0. The summed E-state index contributed by atoms with van der Waals surface area (Å²) in [5, 5.41) is 0. The van der Waals surface area contributed by atoms with Crippen LogP contribution in [0.3, 0.4) is 0 Å². The number of nitrogens with zero attached hydrogens (tertiary/aromatic N) is 6. The van der Waals surface area contributed by atoms with Gasteiger partial charge in [-0.2, -0.15) is 4.31 Å². The maximum atomic E-state index is 14.4. The first kappa shape index (κ1) is 36.0. The van der Waals surface area contributed by atoms with Crippen LogP contribution in [-0.4, -0.2) is 96.3 Å². The highest BCUT2D eigenvalue weighted by Crippen LogP contribution is 2.43. The van der Waals surface area contributed by atoms with Gasteiger partial charge in [-0.15, -0.1) is 0 Å². The number of rotatable bonds is 10. The molecule has 11 nitrogen and oxygen atoms in total. The lowest BCUT2D eigenvalue weighted by Crippen LogP contribution is -2.48. The van der Waals surface area contributed by atoms with Crippen LogP contribution in [0.1, 0.15) is 70.2 Å². The maximum Gasteiger partial charge on any atom is 0.258 e. The van der Waals surface area contributed by atoms with Crippen LogP contribution in [0.2, 0.25) is 0 Å². The second-order valence-corrected chi connectivity index (χ2v) is 16.7. The summed E-state index contributed by atoms with van der Waals surface area (Å²) in [7, 11) is -3.51. The molecule has 6 rings (SSSR count). The van der Waals surface area contributed by atoms with Gasteiger partial charge in [-0.3, -0.25) is 4.79 Å². The second kappa shape index (κ2) is 14.8. The first-order valence-electron chi connectivity index (χ1n) is 17.8.